The zero-order chi connectivity index (χ0) is 51.3. The Kier molecular flexibility index (Phi) is 21.4. The number of carboxylic acid groups (broad SMARTS) is 2. The monoisotopic (exact) mass is 1010 g/mol. The number of esters is 2. The number of H-pyrrole nitrogens is 1. The number of allylic oxidation sites excluding steroid dienone is 1. The number of aliphatic hydroxyl groups is 3. The van der Waals surface area contributed by atoms with Gasteiger partial charge < -0.3 is 59.9 Å². The third-order valence-electron chi connectivity index (χ3n) is 12.0. The molecule has 3 aliphatic rings. The highest BCUT2D eigenvalue weighted by atomic mass is 32.3. The van der Waals surface area contributed by atoms with Crippen LogP contribution in [0.5, 0.6) is 0 Å². The third-order valence-corrected chi connectivity index (χ3v) is 12.4. The molecule has 69 heavy (non-hydrogen) atoms. The molecule has 14 atom stereocenters. The number of rotatable bonds is 26. The predicted octanol–water partition coefficient (Wildman–Crippen LogP) is -1.59. The summed E-state index contributed by atoms with van der Waals surface area (Å²) in [5, 5.41) is 53.3. The van der Waals surface area contributed by atoms with Gasteiger partial charge in [-0.3, -0.25) is 43.0 Å². The maximum atomic E-state index is 14.6. The van der Waals surface area contributed by atoms with E-state index in [1.54, 1.807) is 6.08 Å². The number of nitrogens with zero attached hydrogens (tertiary/aromatic N) is 3. The molecule has 3 saturated heterocycles. The van der Waals surface area contributed by atoms with Crippen molar-refractivity contribution in [1.29, 1.82) is 0 Å². The number of hydrogen-bond acceptors (Lipinski definition) is 20. The second-order valence-corrected chi connectivity index (χ2v) is 18.5. The van der Waals surface area contributed by atoms with Gasteiger partial charge in [0.15, 0.2) is 24.7 Å². The Labute approximate surface area is 397 Å². The number of likely N-dealkylation sites (N-methyl/N-ethyl adjacent to an activating group) is 2. The van der Waals surface area contributed by atoms with Crippen molar-refractivity contribution in [2.24, 2.45) is 11.7 Å². The number of aromatic amines is 1. The lowest BCUT2D eigenvalue weighted by atomic mass is 9.97. The number of unbranched alkanes of at least 4 members (excludes halogenated alkanes) is 6. The van der Waals surface area contributed by atoms with Crippen molar-refractivity contribution in [3.05, 3.63) is 45.3 Å². The van der Waals surface area contributed by atoms with Crippen LogP contribution in [0, 0.1) is 5.92 Å². The molecule has 0 saturated carbocycles. The van der Waals surface area contributed by atoms with Crippen molar-refractivity contribution in [1.82, 2.24) is 19.4 Å². The smallest absolute Gasteiger partial charge is 0.397 e. The molecular formula is C42H65N5O21S. The second kappa shape index (κ2) is 26.0. The second-order valence-electron chi connectivity index (χ2n) is 17.5. The number of amides is 1. The van der Waals surface area contributed by atoms with Crippen LogP contribution in [0.4, 0.5) is 0 Å². The molecule has 26 nitrogen and oxygen atoms in total. The first-order valence-electron chi connectivity index (χ1n) is 22.6. The summed E-state index contributed by atoms with van der Waals surface area (Å²) in [7, 11) is -3.08. The number of nitrogens with two attached hydrogens (primary N) is 1. The van der Waals surface area contributed by atoms with Crippen LogP contribution in [0.25, 0.3) is 0 Å². The number of hydrogen-bond donors (Lipinski definition) is 8. The summed E-state index contributed by atoms with van der Waals surface area (Å²) in [6.07, 6.45) is -9.85. The van der Waals surface area contributed by atoms with E-state index in [-0.39, 0.29) is 19.3 Å². The first-order chi connectivity index (χ1) is 32.5. The van der Waals surface area contributed by atoms with Gasteiger partial charge >= 0.3 is 40.0 Å². The van der Waals surface area contributed by atoms with E-state index in [9.17, 15) is 67.0 Å². The molecule has 4 rings (SSSR count). The molecule has 0 aliphatic carbocycles. The van der Waals surface area contributed by atoms with Crippen LogP contribution in [0.2, 0.25) is 0 Å². The fourth-order valence-corrected chi connectivity index (χ4v) is 9.01. The predicted molar refractivity (Wildman–Crippen MR) is 235 cm³/mol. The molecule has 3 aliphatic heterocycles. The highest BCUT2D eigenvalue weighted by molar-refractivity contribution is 7.80. The number of aliphatic carboxylic acids is 2. The van der Waals surface area contributed by atoms with Gasteiger partial charge in [0, 0.05) is 51.7 Å². The molecule has 27 heteroatoms. The molecule has 4 heterocycles. The Balaban J connectivity index is 1.67. The average molecular weight is 1010 g/mol. The largest absolute Gasteiger partial charge is 0.481 e. The average Bonchev–Trinajstić information content (AvgIpc) is 3.67. The Bertz CT molecular complexity index is 2170. The molecule has 0 radical (unpaired) electrons. The standard InChI is InChI=1S/C42H65N5O21S/c1-5-6-7-8-9-10-11-12-13-14-23(63-28(51)18-22(2)17-27(49)50)19-29(52)64-25-21-45(3)31(38(56)46(4)30(25)40(57)58)35(67-41-37(68-69(60,61)62)32(53)24(20-43)65-41)36-33(54)34(55)39(66-36)47-16-15-26(48)44-42(47)59/h12-13,15-16,22-25,30-37,39,41,53-55H,5-11,14,17-21,43H2,1-4H3,(H,49,50)(H,57,58)(H,44,48,59)(H,60,61,62)/b13-12-/t22-,23+,24-,25+,30+,31-,32-,33+,34-,35+,36+,37-,39-,41+/m1/s1. The highest BCUT2D eigenvalue weighted by Gasteiger charge is 2.58. The van der Waals surface area contributed by atoms with Gasteiger partial charge in [0.2, 0.25) is 5.91 Å². The number of ether oxygens (including phenoxy) is 5. The van der Waals surface area contributed by atoms with E-state index in [0.29, 0.717) is 15.9 Å². The van der Waals surface area contributed by atoms with Gasteiger partial charge in [-0.1, -0.05) is 58.1 Å². The van der Waals surface area contributed by atoms with Crippen LogP contribution in [0.15, 0.2) is 34.0 Å². The van der Waals surface area contributed by atoms with Crippen molar-refractivity contribution in [3.8, 4) is 0 Å². The fraction of sp³-hybridized carbons (Fsp3) is 0.738. The summed E-state index contributed by atoms with van der Waals surface area (Å²) in [4.78, 5) is 94.0. The van der Waals surface area contributed by atoms with Gasteiger partial charge in [-0.2, -0.15) is 8.42 Å². The Morgan fingerprint density at radius 3 is 2.25 bits per heavy atom. The van der Waals surface area contributed by atoms with E-state index in [1.165, 1.54) is 14.0 Å². The Morgan fingerprint density at radius 2 is 1.62 bits per heavy atom. The first-order valence-corrected chi connectivity index (χ1v) is 24.0. The number of aliphatic hydroxyl groups excluding tert-OH is 3. The third kappa shape index (κ3) is 15.9. The molecule has 1 aromatic heterocycles. The van der Waals surface area contributed by atoms with Crippen LogP contribution in [0.3, 0.4) is 0 Å². The minimum Gasteiger partial charge on any atom is -0.481 e. The lowest BCUT2D eigenvalue weighted by Crippen LogP contribution is -2.60. The molecule has 390 valence electrons. The lowest BCUT2D eigenvalue weighted by Gasteiger charge is -2.38. The molecular weight excluding hydrogens is 943 g/mol. The summed E-state index contributed by atoms with van der Waals surface area (Å²) in [5.41, 5.74) is 3.78. The summed E-state index contributed by atoms with van der Waals surface area (Å²) in [6, 6.07) is -2.91. The highest BCUT2D eigenvalue weighted by Crippen LogP contribution is 2.37. The van der Waals surface area contributed by atoms with E-state index in [2.05, 4.69) is 11.1 Å². The van der Waals surface area contributed by atoms with E-state index >= 15 is 0 Å². The fourth-order valence-electron chi connectivity index (χ4n) is 8.52. The van der Waals surface area contributed by atoms with Gasteiger partial charge in [0.25, 0.3) is 5.56 Å². The summed E-state index contributed by atoms with van der Waals surface area (Å²) < 4.78 is 67.8. The zero-order valence-electron chi connectivity index (χ0n) is 38.7. The number of nitrogens with one attached hydrogen (secondary N) is 1. The van der Waals surface area contributed by atoms with Gasteiger partial charge in [0.05, 0.1) is 6.42 Å². The minimum absolute atomic E-state index is 0.0311. The van der Waals surface area contributed by atoms with Gasteiger partial charge in [0.1, 0.15) is 54.9 Å². The van der Waals surface area contributed by atoms with E-state index < -0.39 is 156 Å². The number of carbonyl (C=O) groups excluding carboxylic acids is 3. The minimum atomic E-state index is -5.37. The topological polar surface area (TPSA) is 384 Å². The van der Waals surface area contributed by atoms with Crippen LogP contribution in [0.1, 0.15) is 90.7 Å². The molecule has 9 N–H and O–H groups in total. The molecule has 0 unspecified atom stereocenters. The first kappa shape index (κ1) is 56.9. The maximum absolute atomic E-state index is 14.6. The van der Waals surface area contributed by atoms with Crippen molar-refractivity contribution in [2.75, 3.05) is 27.2 Å². The van der Waals surface area contributed by atoms with Gasteiger partial charge in [-0.25, -0.2) is 13.8 Å². The molecule has 1 aromatic rings. The van der Waals surface area contributed by atoms with Crippen LogP contribution in [-0.2, 0) is 62.2 Å². The summed E-state index contributed by atoms with van der Waals surface area (Å²) in [5.74, 6) is -6.38. The quantitative estimate of drug-likeness (QED) is 0.0224. The van der Waals surface area contributed by atoms with Crippen molar-refractivity contribution in [2.45, 2.75) is 164 Å². The van der Waals surface area contributed by atoms with E-state index in [4.69, 9.17) is 34.5 Å². The molecule has 0 aromatic carbocycles. The van der Waals surface area contributed by atoms with E-state index in [1.807, 2.05) is 11.1 Å². The van der Waals surface area contributed by atoms with Gasteiger partial charge in [-0.05, 0) is 25.8 Å². The molecule has 1 amide bonds. The SMILES string of the molecule is CCCCCCCC/C=C\C[C@@H](CC(=O)O[C@H]1CN(C)[C@H]([C@H](O[C@@H]2O[C@H](CN)[C@@H](O)[C@H]2OS(=O)(=O)O)[C@H]2O[C@@H](n3ccc(=O)[nH]c3=O)[C@H](O)[C@@H]2O)C(=O)N(C)[C@@H]1C(=O)O)OC(=O)C[C@H](C)CC(=O)O. The number of aromatic nitrogens is 2. The summed E-state index contributed by atoms with van der Waals surface area (Å²) >= 11 is 0. The number of carbonyl (C=O) groups is 5. The van der Waals surface area contributed by atoms with Crippen molar-refractivity contribution < 1.29 is 90.3 Å². The van der Waals surface area contributed by atoms with Crippen molar-refractivity contribution in [3.63, 3.8) is 0 Å². The number of carboxylic acids is 2. The Hall–Kier alpha value is -4.68. The lowest BCUT2D eigenvalue weighted by molar-refractivity contribution is -0.230. The summed E-state index contributed by atoms with van der Waals surface area (Å²) in [6.45, 7) is 2.56. The Morgan fingerprint density at radius 1 is 0.942 bits per heavy atom. The normalized spacial score (nSPS) is 29.1. The molecule has 3 fully saturated rings. The van der Waals surface area contributed by atoms with Crippen LogP contribution < -0.4 is 17.0 Å². The van der Waals surface area contributed by atoms with Crippen LogP contribution in [-0.4, -0.2) is 188 Å². The zero-order valence-corrected chi connectivity index (χ0v) is 39.5. The maximum Gasteiger partial charge on any atom is 0.397 e. The van der Waals surface area contributed by atoms with Crippen molar-refractivity contribution >= 4 is 40.2 Å². The van der Waals surface area contributed by atoms with Crippen LogP contribution >= 0.6 is 0 Å². The van der Waals surface area contributed by atoms with Gasteiger partial charge in [-0.15, -0.1) is 0 Å². The van der Waals surface area contributed by atoms with E-state index in [0.717, 1.165) is 62.7 Å². The molecule has 0 bridgehead atoms. The molecule has 0 spiro atoms.